The molecule has 0 aliphatic heterocycles. The highest BCUT2D eigenvalue weighted by Gasteiger charge is 2.21. The van der Waals surface area contributed by atoms with E-state index >= 15 is 0 Å². The molecule has 0 heterocycles. The molecule has 1 aromatic carbocycles. The predicted octanol–water partition coefficient (Wildman–Crippen LogP) is 4.57. The smallest absolute Gasteiger partial charge is 0.258 e. The third-order valence-electron chi connectivity index (χ3n) is 3.01. The number of nitrogens with zero attached hydrogens (tertiary/aromatic N) is 1. The van der Waals surface area contributed by atoms with E-state index in [-0.39, 0.29) is 21.4 Å². The third kappa shape index (κ3) is 4.65. The van der Waals surface area contributed by atoms with E-state index in [4.69, 9.17) is 11.6 Å². The van der Waals surface area contributed by atoms with Crippen LogP contribution in [0.25, 0.3) is 0 Å². The van der Waals surface area contributed by atoms with Crippen molar-refractivity contribution >= 4 is 17.3 Å². The first-order valence-electron chi connectivity index (χ1n) is 6.18. The first kappa shape index (κ1) is 15.0. The lowest BCUT2D eigenvalue weighted by Gasteiger charge is -2.24. The second-order valence-electron chi connectivity index (χ2n) is 5.65. The van der Waals surface area contributed by atoms with E-state index in [9.17, 15) is 10.1 Å². The highest BCUT2D eigenvalue weighted by Crippen LogP contribution is 2.28. The fourth-order valence-corrected chi connectivity index (χ4v) is 1.86. The van der Waals surface area contributed by atoms with Gasteiger partial charge < -0.3 is 0 Å². The largest absolute Gasteiger partial charge is 0.269 e. The Balaban J connectivity index is 2.43. The molecule has 0 bridgehead atoms. The summed E-state index contributed by atoms with van der Waals surface area (Å²) in [5, 5.41) is 10.7. The zero-order valence-electron chi connectivity index (χ0n) is 11.1. The van der Waals surface area contributed by atoms with Crippen molar-refractivity contribution in [2.45, 2.75) is 45.4 Å². The summed E-state index contributed by atoms with van der Waals surface area (Å²) in [5.41, 5.74) is 1.39. The van der Waals surface area contributed by atoms with E-state index in [0.717, 1.165) is 24.8 Å². The Morgan fingerprint density at radius 1 is 1.28 bits per heavy atom. The molecular formula is C14H20ClNO2. The molecule has 1 atom stereocenters. The van der Waals surface area contributed by atoms with Gasteiger partial charge >= 0.3 is 0 Å². The van der Waals surface area contributed by atoms with Gasteiger partial charge in [-0.3, -0.25) is 10.1 Å². The Morgan fingerprint density at radius 3 is 2.28 bits per heavy atom. The summed E-state index contributed by atoms with van der Waals surface area (Å²) < 4.78 is 0. The van der Waals surface area contributed by atoms with Gasteiger partial charge in [0.25, 0.3) is 5.69 Å². The molecule has 3 nitrogen and oxygen atoms in total. The van der Waals surface area contributed by atoms with Gasteiger partial charge in [0.05, 0.1) is 4.92 Å². The molecule has 0 spiro atoms. The van der Waals surface area contributed by atoms with Crippen LogP contribution in [0, 0.1) is 15.5 Å². The maximum absolute atomic E-state index is 10.5. The summed E-state index contributed by atoms with van der Waals surface area (Å²) in [6.07, 6.45) is 2.88. The van der Waals surface area contributed by atoms with Crippen LogP contribution in [0.2, 0.25) is 0 Å². The van der Waals surface area contributed by atoms with Gasteiger partial charge in [0.1, 0.15) is 0 Å². The number of rotatable bonds is 5. The van der Waals surface area contributed by atoms with Gasteiger partial charge in [-0.05, 0) is 30.2 Å². The van der Waals surface area contributed by atoms with Crippen LogP contribution in [0.5, 0.6) is 0 Å². The molecule has 0 amide bonds. The number of hydrogen-bond donors (Lipinski definition) is 0. The third-order valence-corrected chi connectivity index (χ3v) is 3.88. The van der Waals surface area contributed by atoms with Crippen molar-refractivity contribution in [3.05, 3.63) is 39.9 Å². The lowest BCUT2D eigenvalue weighted by atomic mass is 9.88. The minimum atomic E-state index is -0.377. The van der Waals surface area contributed by atoms with Crippen LogP contribution in [0.3, 0.4) is 0 Å². The van der Waals surface area contributed by atoms with Crippen LogP contribution >= 0.6 is 11.6 Å². The molecule has 0 N–H and O–H groups in total. The van der Waals surface area contributed by atoms with E-state index in [2.05, 4.69) is 20.8 Å². The number of aryl methyl sites for hydroxylation is 1. The van der Waals surface area contributed by atoms with Crippen molar-refractivity contribution < 1.29 is 4.92 Å². The van der Waals surface area contributed by atoms with E-state index < -0.39 is 0 Å². The molecule has 0 fully saturated rings. The van der Waals surface area contributed by atoms with Crippen molar-refractivity contribution in [2.24, 2.45) is 5.41 Å². The van der Waals surface area contributed by atoms with Gasteiger partial charge in [-0.2, -0.15) is 0 Å². The van der Waals surface area contributed by atoms with Gasteiger partial charge in [-0.15, -0.1) is 11.6 Å². The van der Waals surface area contributed by atoms with Crippen LogP contribution in [0.4, 0.5) is 5.69 Å². The van der Waals surface area contributed by atoms with Gasteiger partial charge in [-0.1, -0.05) is 32.9 Å². The van der Waals surface area contributed by atoms with E-state index in [0.29, 0.717) is 0 Å². The van der Waals surface area contributed by atoms with Crippen LogP contribution < -0.4 is 0 Å². The number of alkyl halides is 1. The standard InChI is InChI=1S/C14H20ClNO2/c1-14(2,3)13(15)6-4-5-11-7-9-12(10-8-11)16(17)18/h7-10,13H,4-6H2,1-3H3. The minimum absolute atomic E-state index is 0.122. The fourth-order valence-electron chi connectivity index (χ4n) is 1.70. The Bertz CT molecular complexity index is 395. The number of benzene rings is 1. The first-order chi connectivity index (χ1) is 8.30. The molecule has 0 aromatic heterocycles. The van der Waals surface area contributed by atoms with E-state index in [1.54, 1.807) is 12.1 Å². The summed E-state index contributed by atoms with van der Waals surface area (Å²) in [6.45, 7) is 6.41. The van der Waals surface area contributed by atoms with Gasteiger partial charge in [0.2, 0.25) is 0 Å². The molecule has 1 aromatic rings. The van der Waals surface area contributed by atoms with E-state index in [1.165, 1.54) is 0 Å². The lowest BCUT2D eigenvalue weighted by Crippen LogP contribution is -2.20. The molecule has 1 rings (SSSR count). The second kappa shape index (κ2) is 6.19. The summed E-state index contributed by atoms with van der Waals surface area (Å²) in [6, 6.07) is 6.74. The summed E-state index contributed by atoms with van der Waals surface area (Å²) >= 11 is 6.30. The summed E-state index contributed by atoms with van der Waals surface area (Å²) in [5.74, 6) is 0. The molecule has 0 aliphatic carbocycles. The number of non-ortho nitro benzene ring substituents is 1. The Hall–Kier alpha value is -1.09. The number of nitro groups is 1. The highest BCUT2D eigenvalue weighted by atomic mass is 35.5. The number of nitro benzene ring substituents is 1. The average Bonchev–Trinajstić information content (AvgIpc) is 2.28. The van der Waals surface area contributed by atoms with Crippen LogP contribution in [-0.2, 0) is 6.42 Å². The van der Waals surface area contributed by atoms with Crippen molar-refractivity contribution in [3.8, 4) is 0 Å². The summed E-state index contributed by atoms with van der Waals surface area (Å²) in [7, 11) is 0. The van der Waals surface area contributed by atoms with Crippen molar-refractivity contribution in [2.75, 3.05) is 0 Å². The molecule has 0 saturated carbocycles. The molecule has 0 aliphatic rings. The first-order valence-corrected chi connectivity index (χ1v) is 6.62. The van der Waals surface area contributed by atoms with Crippen molar-refractivity contribution in [3.63, 3.8) is 0 Å². The van der Waals surface area contributed by atoms with Crippen molar-refractivity contribution in [1.29, 1.82) is 0 Å². The van der Waals surface area contributed by atoms with Gasteiger partial charge in [-0.25, -0.2) is 0 Å². The van der Waals surface area contributed by atoms with Gasteiger partial charge in [0.15, 0.2) is 0 Å². The maximum atomic E-state index is 10.5. The molecule has 0 radical (unpaired) electrons. The Kier molecular flexibility index (Phi) is 5.15. The van der Waals surface area contributed by atoms with E-state index in [1.807, 2.05) is 12.1 Å². The molecular weight excluding hydrogens is 250 g/mol. The normalized spacial score (nSPS) is 13.3. The quantitative estimate of drug-likeness (QED) is 0.446. The number of halogens is 1. The fraction of sp³-hybridized carbons (Fsp3) is 0.571. The SMILES string of the molecule is CC(C)(C)C(Cl)CCCc1ccc([N+](=O)[O-])cc1. The molecule has 100 valence electrons. The molecule has 4 heteroatoms. The van der Waals surface area contributed by atoms with Crippen LogP contribution in [0.15, 0.2) is 24.3 Å². The maximum Gasteiger partial charge on any atom is 0.269 e. The van der Waals surface area contributed by atoms with Crippen molar-refractivity contribution in [1.82, 2.24) is 0 Å². The molecule has 0 saturated heterocycles. The second-order valence-corrected chi connectivity index (χ2v) is 6.18. The summed E-state index contributed by atoms with van der Waals surface area (Å²) in [4.78, 5) is 10.1. The predicted molar refractivity (Wildman–Crippen MR) is 75.1 cm³/mol. The minimum Gasteiger partial charge on any atom is -0.258 e. The molecule has 1 unspecified atom stereocenters. The van der Waals surface area contributed by atoms with Gasteiger partial charge in [0, 0.05) is 17.5 Å². The van der Waals surface area contributed by atoms with Crippen LogP contribution in [0.1, 0.15) is 39.2 Å². The topological polar surface area (TPSA) is 43.1 Å². The zero-order valence-corrected chi connectivity index (χ0v) is 11.9. The monoisotopic (exact) mass is 269 g/mol. The Labute approximate surface area is 113 Å². The highest BCUT2D eigenvalue weighted by molar-refractivity contribution is 6.21. The lowest BCUT2D eigenvalue weighted by molar-refractivity contribution is -0.384. The zero-order chi connectivity index (χ0) is 13.8. The van der Waals surface area contributed by atoms with Crippen LogP contribution in [-0.4, -0.2) is 10.3 Å². The average molecular weight is 270 g/mol. The number of hydrogen-bond acceptors (Lipinski definition) is 2. The molecule has 18 heavy (non-hydrogen) atoms. The Morgan fingerprint density at radius 2 is 1.83 bits per heavy atom.